The lowest BCUT2D eigenvalue weighted by Crippen LogP contribution is -2.33. The summed E-state index contributed by atoms with van der Waals surface area (Å²) in [4.78, 5) is 45.4. The summed E-state index contributed by atoms with van der Waals surface area (Å²) in [5.41, 5.74) is 2.62. The highest BCUT2D eigenvalue weighted by atomic mass is 16.5. The van der Waals surface area contributed by atoms with Crippen LogP contribution in [0.2, 0.25) is 0 Å². The van der Waals surface area contributed by atoms with Crippen LogP contribution in [0, 0.1) is 6.92 Å². The van der Waals surface area contributed by atoms with Gasteiger partial charge in [0.25, 0.3) is 5.91 Å². The molecule has 200 valence electrons. The second kappa shape index (κ2) is 11.9. The summed E-state index contributed by atoms with van der Waals surface area (Å²) in [6.45, 7) is 6.80. The number of imidazole rings is 1. The fourth-order valence-corrected chi connectivity index (χ4v) is 4.39. The van der Waals surface area contributed by atoms with Crippen LogP contribution >= 0.6 is 0 Å². The molecular formula is C28H33N5O5. The molecule has 1 aromatic carbocycles. The fraction of sp³-hybridized carbons (Fsp3) is 0.393. The predicted octanol–water partition coefficient (Wildman–Crippen LogP) is 4.87. The first-order valence-electron chi connectivity index (χ1n) is 13.0. The van der Waals surface area contributed by atoms with E-state index in [2.05, 4.69) is 17.1 Å². The smallest absolute Gasteiger partial charge is 0.335 e. The zero-order chi connectivity index (χ0) is 27.2. The van der Waals surface area contributed by atoms with E-state index in [9.17, 15) is 19.5 Å². The number of hydrogen-bond acceptors (Lipinski definition) is 6. The van der Waals surface area contributed by atoms with Crippen LogP contribution in [0.3, 0.4) is 0 Å². The molecule has 1 aliphatic heterocycles. The summed E-state index contributed by atoms with van der Waals surface area (Å²) in [6, 6.07) is 8.07. The maximum absolute atomic E-state index is 13.4. The Kier molecular flexibility index (Phi) is 8.40. The van der Waals surface area contributed by atoms with Crippen LogP contribution in [-0.2, 0) is 24.3 Å². The first-order valence-corrected chi connectivity index (χ1v) is 13.0. The topological polar surface area (TPSA) is 122 Å². The number of rotatable bonds is 12. The monoisotopic (exact) mass is 519 g/mol. The number of urea groups is 1. The Labute approximate surface area is 221 Å². The molecule has 1 aliphatic rings. The first-order chi connectivity index (χ1) is 18.3. The summed E-state index contributed by atoms with van der Waals surface area (Å²) < 4.78 is 7.19. The molecule has 2 aromatic heterocycles. The molecule has 0 bridgehead atoms. The van der Waals surface area contributed by atoms with Gasteiger partial charge < -0.3 is 14.2 Å². The Balaban J connectivity index is 1.72. The number of unbranched alkanes of at least 4 members (excludes halogenated alkanes) is 2. The van der Waals surface area contributed by atoms with Crippen LogP contribution in [0.15, 0.2) is 46.7 Å². The molecule has 3 amide bonds. The van der Waals surface area contributed by atoms with E-state index in [4.69, 9.17) is 4.52 Å². The van der Waals surface area contributed by atoms with Gasteiger partial charge in [0.05, 0.1) is 24.0 Å². The number of aryl methyl sites for hydroxylation is 2. The van der Waals surface area contributed by atoms with Crippen molar-refractivity contribution in [3.05, 3.63) is 76.3 Å². The van der Waals surface area contributed by atoms with Gasteiger partial charge in [-0.3, -0.25) is 14.6 Å². The molecule has 1 fully saturated rings. The lowest BCUT2D eigenvalue weighted by atomic mass is 10.1. The summed E-state index contributed by atoms with van der Waals surface area (Å²) >= 11 is 0. The zero-order valence-electron chi connectivity index (χ0n) is 22.0. The molecule has 38 heavy (non-hydrogen) atoms. The Hall–Kier alpha value is -4.21. The normalized spacial score (nSPS) is 14.8. The molecule has 0 saturated carbocycles. The number of carbonyl (C=O) groups is 3. The Morgan fingerprint density at radius 2 is 1.79 bits per heavy atom. The molecule has 0 unspecified atom stereocenters. The van der Waals surface area contributed by atoms with Gasteiger partial charge in [0.1, 0.15) is 23.0 Å². The maximum atomic E-state index is 13.4. The van der Waals surface area contributed by atoms with Crippen LogP contribution < -0.4 is 0 Å². The Morgan fingerprint density at radius 1 is 1.05 bits per heavy atom. The molecule has 10 heteroatoms. The van der Waals surface area contributed by atoms with Crippen molar-refractivity contribution in [3.63, 3.8) is 0 Å². The minimum absolute atomic E-state index is 0.115. The van der Waals surface area contributed by atoms with E-state index in [0.29, 0.717) is 36.7 Å². The van der Waals surface area contributed by atoms with Crippen molar-refractivity contribution in [3.8, 4) is 0 Å². The third kappa shape index (κ3) is 5.85. The number of imide groups is 1. The number of amides is 3. The molecule has 4 rings (SSSR count). The van der Waals surface area contributed by atoms with Crippen molar-refractivity contribution in [1.29, 1.82) is 0 Å². The second-order valence-corrected chi connectivity index (χ2v) is 9.43. The average Bonchev–Trinajstić information content (AvgIpc) is 3.55. The highest BCUT2D eigenvalue weighted by molar-refractivity contribution is 6.13. The van der Waals surface area contributed by atoms with Crippen molar-refractivity contribution < 1.29 is 24.0 Å². The van der Waals surface area contributed by atoms with Crippen LogP contribution in [0.5, 0.6) is 0 Å². The molecule has 0 radical (unpaired) electrons. The summed E-state index contributed by atoms with van der Waals surface area (Å²) in [5, 5.41) is 13.2. The standard InChI is InChI=1S/C28H33N5O5/c1-4-6-8-25-29-16-23(32(25)17-20-9-11-21(12-10-20)27(35)36)15-24-26(34)31(13-7-5-2)28(37)33(24)18-22-14-19(3)38-30-22/h9-12,14-16H,4-8,13,17-18H2,1-3H3,(H,35,36). The minimum Gasteiger partial charge on any atom is -0.478 e. The summed E-state index contributed by atoms with van der Waals surface area (Å²) in [5.74, 6) is 0.156. The van der Waals surface area contributed by atoms with Gasteiger partial charge in [0, 0.05) is 25.6 Å². The summed E-state index contributed by atoms with van der Waals surface area (Å²) in [6.07, 6.45) is 7.71. The third-order valence-electron chi connectivity index (χ3n) is 6.50. The molecule has 0 atom stereocenters. The first kappa shape index (κ1) is 26.8. The van der Waals surface area contributed by atoms with Crippen molar-refractivity contribution in [2.24, 2.45) is 0 Å². The molecule has 0 spiro atoms. The van der Waals surface area contributed by atoms with Crippen LogP contribution in [0.4, 0.5) is 4.79 Å². The van der Waals surface area contributed by atoms with Crippen molar-refractivity contribution in [1.82, 2.24) is 24.5 Å². The highest BCUT2D eigenvalue weighted by Crippen LogP contribution is 2.27. The lowest BCUT2D eigenvalue weighted by molar-refractivity contribution is -0.123. The SMILES string of the molecule is CCCCc1ncc(C=C2C(=O)N(CCCC)C(=O)N2Cc2cc(C)on2)n1Cc1ccc(C(=O)O)cc1. The average molecular weight is 520 g/mol. The van der Waals surface area contributed by atoms with E-state index < -0.39 is 5.97 Å². The van der Waals surface area contributed by atoms with E-state index in [-0.39, 0.29) is 29.7 Å². The molecule has 3 heterocycles. The van der Waals surface area contributed by atoms with Crippen molar-refractivity contribution in [2.75, 3.05) is 6.54 Å². The van der Waals surface area contributed by atoms with Crippen LogP contribution in [-0.4, -0.2) is 54.1 Å². The molecule has 1 saturated heterocycles. The number of aromatic nitrogens is 3. The van der Waals surface area contributed by atoms with Gasteiger partial charge in [0.15, 0.2) is 0 Å². The Bertz CT molecular complexity index is 1340. The molecule has 1 N–H and O–H groups in total. The summed E-state index contributed by atoms with van der Waals surface area (Å²) in [7, 11) is 0. The lowest BCUT2D eigenvalue weighted by Gasteiger charge is -2.16. The maximum Gasteiger partial charge on any atom is 0.335 e. The van der Waals surface area contributed by atoms with Gasteiger partial charge in [-0.2, -0.15) is 0 Å². The van der Waals surface area contributed by atoms with E-state index in [1.807, 2.05) is 11.5 Å². The zero-order valence-corrected chi connectivity index (χ0v) is 22.0. The van der Waals surface area contributed by atoms with Crippen LogP contribution in [0.1, 0.15) is 78.4 Å². The molecule has 10 nitrogen and oxygen atoms in total. The van der Waals surface area contributed by atoms with Gasteiger partial charge in [-0.05, 0) is 43.5 Å². The van der Waals surface area contributed by atoms with Crippen LogP contribution in [0.25, 0.3) is 6.08 Å². The van der Waals surface area contributed by atoms with E-state index >= 15 is 0 Å². The number of carboxylic acids is 1. The number of nitrogens with zero attached hydrogens (tertiary/aromatic N) is 5. The van der Waals surface area contributed by atoms with Crippen molar-refractivity contribution >= 4 is 24.0 Å². The van der Waals surface area contributed by atoms with Gasteiger partial charge in [-0.1, -0.05) is 44.0 Å². The van der Waals surface area contributed by atoms with E-state index in [0.717, 1.165) is 37.1 Å². The Morgan fingerprint density at radius 3 is 2.42 bits per heavy atom. The van der Waals surface area contributed by atoms with Gasteiger partial charge in [-0.15, -0.1) is 0 Å². The van der Waals surface area contributed by atoms with E-state index in [1.165, 1.54) is 9.80 Å². The number of benzene rings is 1. The molecule has 0 aliphatic carbocycles. The molecular weight excluding hydrogens is 486 g/mol. The van der Waals surface area contributed by atoms with E-state index in [1.54, 1.807) is 49.5 Å². The molecule has 3 aromatic rings. The number of carbonyl (C=O) groups excluding carboxylic acids is 2. The largest absolute Gasteiger partial charge is 0.478 e. The number of aromatic carboxylic acids is 1. The quantitative estimate of drug-likeness (QED) is 0.267. The van der Waals surface area contributed by atoms with Gasteiger partial charge in [0.2, 0.25) is 0 Å². The fourth-order valence-electron chi connectivity index (χ4n) is 4.39. The highest BCUT2D eigenvalue weighted by Gasteiger charge is 2.41. The predicted molar refractivity (Wildman–Crippen MR) is 140 cm³/mol. The third-order valence-corrected chi connectivity index (χ3v) is 6.50. The number of carboxylic acid groups (broad SMARTS) is 1. The van der Waals surface area contributed by atoms with Gasteiger partial charge in [-0.25, -0.2) is 14.6 Å². The van der Waals surface area contributed by atoms with Gasteiger partial charge >= 0.3 is 12.0 Å². The number of hydrogen-bond donors (Lipinski definition) is 1. The van der Waals surface area contributed by atoms with Crippen molar-refractivity contribution in [2.45, 2.75) is 66.0 Å². The minimum atomic E-state index is -0.979. The second-order valence-electron chi connectivity index (χ2n) is 9.43.